The first kappa shape index (κ1) is 17.1. The SMILES string of the molecule is CN1CC(=O)OB(C=Cc2cccc(C(F)(F)F)c2)OC(=O)C1. The van der Waals surface area contributed by atoms with Crippen molar-refractivity contribution in [2.75, 3.05) is 20.1 Å². The van der Waals surface area contributed by atoms with Crippen molar-refractivity contribution in [2.45, 2.75) is 6.18 Å². The van der Waals surface area contributed by atoms with Gasteiger partial charge in [0.25, 0.3) is 0 Å². The summed E-state index contributed by atoms with van der Waals surface area (Å²) in [5, 5.41) is 0. The van der Waals surface area contributed by atoms with Crippen LogP contribution in [0.1, 0.15) is 11.1 Å². The van der Waals surface area contributed by atoms with Gasteiger partial charge in [0.15, 0.2) is 0 Å². The van der Waals surface area contributed by atoms with E-state index >= 15 is 0 Å². The molecule has 0 unspecified atom stereocenters. The summed E-state index contributed by atoms with van der Waals surface area (Å²) >= 11 is 0. The van der Waals surface area contributed by atoms with Crippen LogP contribution in [0, 0.1) is 0 Å². The molecule has 5 nitrogen and oxygen atoms in total. The van der Waals surface area contributed by atoms with Crippen molar-refractivity contribution in [3.63, 3.8) is 0 Å². The third-order valence-electron chi connectivity index (χ3n) is 2.95. The van der Waals surface area contributed by atoms with Crippen molar-refractivity contribution < 1.29 is 32.1 Å². The van der Waals surface area contributed by atoms with Gasteiger partial charge in [0.05, 0.1) is 18.7 Å². The molecule has 9 heteroatoms. The first-order valence-corrected chi connectivity index (χ1v) is 6.67. The smallest absolute Gasteiger partial charge is 0.495 e. The summed E-state index contributed by atoms with van der Waals surface area (Å²) in [6.45, 7) is -0.161. The lowest BCUT2D eigenvalue weighted by Gasteiger charge is -2.21. The van der Waals surface area contributed by atoms with Crippen molar-refractivity contribution in [3.05, 3.63) is 41.4 Å². The quantitative estimate of drug-likeness (QED) is 0.775. The summed E-state index contributed by atoms with van der Waals surface area (Å²) in [6, 6.07) is 4.60. The summed E-state index contributed by atoms with van der Waals surface area (Å²) in [5.74, 6) is 0.0220. The number of alkyl halides is 3. The number of benzene rings is 1. The topological polar surface area (TPSA) is 55.8 Å². The van der Waals surface area contributed by atoms with Crippen molar-refractivity contribution in [1.29, 1.82) is 0 Å². The van der Waals surface area contributed by atoms with E-state index in [-0.39, 0.29) is 18.7 Å². The predicted octanol–water partition coefficient (Wildman–Crippen LogP) is 1.78. The minimum Gasteiger partial charge on any atom is -0.495 e. The molecular weight excluding hydrogens is 314 g/mol. The molecule has 0 aromatic heterocycles. The van der Waals surface area contributed by atoms with Gasteiger partial charge in [0.1, 0.15) is 0 Å². The summed E-state index contributed by atoms with van der Waals surface area (Å²) in [4.78, 5) is 24.5. The molecule has 0 N–H and O–H groups in total. The lowest BCUT2D eigenvalue weighted by Crippen LogP contribution is -2.41. The van der Waals surface area contributed by atoms with Crippen molar-refractivity contribution >= 4 is 25.1 Å². The lowest BCUT2D eigenvalue weighted by atomic mass is 9.88. The molecule has 0 bridgehead atoms. The monoisotopic (exact) mass is 327 g/mol. The van der Waals surface area contributed by atoms with Crippen molar-refractivity contribution in [3.8, 4) is 0 Å². The molecule has 0 radical (unpaired) electrons. The molecule has 1 heterocycles. The Morgan fingerprint density at radius 1 is 1.17 bits per heavy atom. The highest BCUT2D eigenvalue weighted by atomic mass is 19.4. The average Bonchev–Trinajstić information content (AvgIpc) is 2.42. The Balaban J connectivity index is 2.12. The maximum atomic E-state index is 12.6. The molecule has 1 aromatic rings. The molecule has 0 spiro atoms. The fourth-order valence-corrected chi connectivity index (χ4v) is 1.94. The molecule has 23 heavy (non-hydrogen) atoms. The maximum Gasteiger partial charge on any atom is 0.628 e. The fraction of sp³-hybridized carbons (Fsp3) is 0.286. The number of hydrogen-bond donors (Lipinski definition) is 0. The fourth-order valence-electron chi connectivity index (χ4n) is 1.94. The van der Waals surface area contributed by atoms with Gasteiger partial charge < -0.3 is 9.31 Å². The Hall–Kier alpha value is -2.29. The second-order valence-corrected chi connectivity index (χ2v) is 5.00. The zero-order chi connectivity index (χ0) is 17.0. The first-order valence-electron chi connectivity index (χ1n) is 6.67. The van der Waals surface area contributed by atoms with E-state index in [1.54, 1.807) is 7.05 Å². The van der Waals surface area contributed by atoms with Crippen LogP contribution in [0.3, 0.4) is 0 Å². The van der Waals surface area contributed by atoms with Gasteiger partial charge in [-0.25, -0.2) is 0 Å². The number of carbonyl (C=O) groups is 2. The van der Waals surface area contributed by atoms with Crippen LogP contribution in [-0.2, 0) is 25.1 Å². The molecule has 0 aliphatic carbocycles. The number of hydrogen-bond acceptors (Lipinski definition) is 5. The molecular formula is C14H13BF3NO4. The number of carbonyl (C=O) groups excluding carboxylic acids is 2. The van der Waals surface area contributed by atoms with Crippen LogP contribution in [0.25, 0.3) is 6.08 Å². The van der Waals surface area contributed by atoms with E-state index in [2.05, 4.69) is 0 Å². The minimum atomic E-state index is -4.45. The van der Waals surface area contributed by atoms with Gasteiger partial charge in [-0.2, -0.15) is 13.2 Å². The Morgan fingerprint density at radius 3 is 2.35 bits per heavy atom. The van der Waals surface area contributed by atoms with E-state index in [1.807, 2.05) is 0 Å². The number of halogens is 3. The lowest BCUT2D eigenvalue weighted by molar-refractivity contribution is -0.145. The van der Waals surface area contributed by atoms with Crippen molar-refractivity contribution in [1.82, 2.24) is 4.90 Å². The molecule has 1 fully saturated rings. The molecule has 1 aliphatic heterocycles. The summed E-state index contributed by atoms with van der Waals surface area (Å²) < 4.78 is 47.7. The Kier molecular flexibility index (Phi) is 5.10. The van der Waals surface area contributed by atoms with Crippen LogP contribution in [0.4, 0.5) is 13.2 Å². The van der Waals surface area contributed by atoms with E-state index in [0.717, 1.165) is 12.1 Å². The maximum absolute atomic E-state index is 12.6. The van der Waals surface area contributed by atoms with E-state index in [4.69, 9.17) is 9.31 Å². The zero-order valence-corrected chi connectivity index (χ0v) is 12.2. The van der Waals surface area contributed by atoms with Crippen LogP contribution >= 0.6 is 0 Å². The third-order valence-corrected chi connectivity index (χ3v) is 2.95. The minimum absolute atomic E-state index is 0.0804. The molecule has 0 saturated carbocycles. The molecule has 0 atom stereocenters. The number of likely N-dealkylation sites (N-methyl/N-ethyl adjacent to an activating group) is 1. The molecule has 1 aliphatic rings. The largest absolute Gasteiger partial charge is 0.628 e. The van der Waals surface area contributed by atoms with E-state index < -0.39 is 30.8 Å². The average molecular weight is 327 g/mol. The van der Waals surface area contributed by atoms with Crippen molar-refractivity contribution in [2.24, 2.45) is 0 Å². The molecule has 0 amide bonds. The second kappa shape index (κ2) is 6.87. The van der Waals surface area contributed by atoms with Gasteiger partial charge in [0.2, 0.25) is 0 Å². The van der Waals surface area contributed by atoms with Gasteiger partial charge in [-0.3, -0.25) is 14.5 Å². The highest BCUT2D eigenvalue weighted by molar-refractivity contribution is 6.55. The standard InChI is InChI=1S/C14H13BF3NO4/c1-19-8-12(20)22-15(23-13(21)9-19)6-5-10-3-2-4-11(7-10)14(16,17)18/h2-7H,8-9H2,1H3. The first-order chi connectivity index (χ1) is 10.7. The normalized spacial score (nSPS) is 17.7. The molecule has 1 aromatic carbocycles. The van der Waals surface area contributed by atoms with Crippen LogP contribution in [0.15, 0.2) is 30.2 Å². The number of rotatable bonds is 2. The van der Waals surface area contributed by atoms with E-state index in [9.17, 15) is 22.8 Å². The van der Waals surface area contributed by atoms with Gasteiger partial charge in [-0.1, -0.05) is 18.2 Å². The number of nitrogens with zero attached hydrogens (tertiary/aromatic N) is 1. The van der Waals surface area contributed by atoms with E-state index in [0.29, 0.717) is 0 Å². The predicted molar refractivity (Wildman–Crippen MR) is 75.9 cm³/mol. The van der Waals surface area contributed by atoms with Crippen LogP contribution in [0.2, 0.25) is 0 Å². The van der Waals surface area contributed by atoms with Crippen LogP contribution in [0.5, 0.6) is 0 Å². The molecule has 1 saturated heterocycles. The summed E-state index contributed by atoms with van der Waals surface area (Å²) in [5.41, 5.74) is -0.556. The van der Waals surface area contributed by atoms with Crippen LogP contribution < -0.4 is 0 Å². The third kappa shape index (κ3) is 5.13. The zero-order valence-electron chi connectivity index (χ0n) is 12.2. The highest BCUT2D eigenvalue weighted by Crippen LogP contribution is 2.29. The van der Waals surface area contributed by atoms with Gasteiger partial charge in [-0.15, -0.1) is 0 Å². The van der Waals surface area contributed by atoms with Gasteiger partial charge in [0, 0.05) is 0 Å². The van der Waals surface area contributed by atoms with Crippen LogP contribution in [-0.4, -0.2) is 44.1 Å². The van der Waals surface area contributed by atoms with Gasteiger partial charge in [-0.05, 0) is 30.7 Å². The van der Waals surface area contributed by atoms with E-state index in [1.165, 1.54) is 29.1 Å². The summed E-state index contributed by atoms with van der Waals surface area (Å²) in [6.07, 6.45) is -3.15. The Labute approximate surface area is 130 Å². The second-order valence-electron chi connectivity index (χ2n) is 5.00. The molecule has 2 rings (SSSR count). The highest BCUT2D eigenvalue weighted by Gasteiger charge is 2.31. The Morgan fingerprint density at radius 2 is 1.78 bits per heavy atom. The van der Waals surface area contributed by atoms with Gasteiger partial charge >= 0.3 is 25.2 Å². The Bertz CT molecular complexity index is 613. The summed E-state index contributed by atoms with van der Waals surface area (Å²) in [7, 11) is 0.291. The molecule has 122 valence electrons.